The maximum absolute atomic E-state index is 10.3. The smallest absolute Gasteiger partial charge is 0.161 e. The van der Waals surface area contributed by atoms with Gasteiger partial charge in [-0.05, 0) is 31.2 Å². The molecule has 1 aliphatic heterocycles. The van der Waals surface area contributed by atoms with Gasteiger partial charge in [0.1, 0.15) is 12.7 Å². The molecule has 2 aromatic carbocycles. The van der Waals surface area contributed by atoms with E-state index in [9.17, 15) is 5.11 Å². The minimum Gasteiger partial charge on any atom is -0.493 e. The molecular weight excluding hydrogens is 328 g/mol. The monoisotopic (exact) mass is 356 g/mol. The number of hydrogen-bond donors (Lipinski definition) is 1. The maximum Gasteiger partial charge on any atom is 0.161 e. The van der Waals surface area contributed by atoms with Crippen LogP contribution < -0.4 is 14.4 Å². The van der Waals surface area contributed by atoms with E-state index in [0.29, 0.717) is 18.0 Å². The number of ether oxygens (including phenoxy) is 2. The molecule has 140 valence electrons. The number of hydrogen-bond acceptors (Lipinski definition) is 5. The molecule has 1 atom stereocenters. The normalized spacial score (nSPS) is 16.3. The molecule has 0 radical (unpaired) electrons. The van der Waals surface area contributed by atoms with E-state index >= 15 is 0 Å². The van der Waals surface area contributed by atoms with Crippen LogP contribution in [0.1, 0.15) is 5.56 Å². The van der Waals surface area contributed by atoms with Crippen LogP contribution in [0.2, 0.25) is 0 Å². The van der Waals surface area contributed by atoms with Crippen LogP contribution in [-0.4, -0.2) is 62.6 Å². The number of aliphatic hydroxyl groups excluding tert-OH is 1. The number of aryl methyl sites for hydroxylation is 1. The minimum atomic E-state index is -0.522. The molecule has 3 rings (SSSR count). The number of aliphatic hydroxyl groups is 1. The van der Waals surface area contributed by atoms with Crippen molar-refractivity contribution < 1.29 is 14.6 Å². The Hall–Kier alpha value is -2.24. The lowest BCUT2D eigenvalue weighted by molar-refractivity contribution is 0.0653. The summed E-state index contributed by atoms with van der Waals surface area (Å²) in [5.74, 6) is 1.35. The van der Waals surface area contributed by atoms with Crippen molar-refractivity contribution in [2.75, 3.05) is 51.3 Å². The number of para-hydroxylation sites is 2. The molecule has 0 spiro atoms. The second kappa shape index (κ2) is 8.92. The second-order valence-electron chi connectivity index (χ2n) is 6.74. The minimum absolute atomic E-state index is 0.262. The highest BCUT2D eigenvalue weighted by molar-refractivity contribution is 5.47. The molecule has 2 aromatic rings. The Bertz CT molecular complexity index is 682. The maximum atomic E-state index is 10.3. The number of rotatable bonds is 7. The van der Waals surface area contributed by atoms with E-state index in [4.69, 9.17) is 9.47 Å². The lowest BCUT2D eigenvalue weighted by atomic mass is 10.2. The molecule has 5 heteroatoms. The average molecular weight is 356 g/mol. The summed E-state index contributed by atoms with van der Waals surface area (Å²) in [5, 5.41) is 10.3. The SMILES string of the molecule is COc1ccccc1OC[C@@H](O)CN1CCN(c2ccc(C)cc2)CC1. The van der Waals surface area contributed by atoms with E-state index in [1.807, 2.05) is 24.3 Å². The van der Waals surface area contributed by atoms with Crippen LogP contribution in [0, 0.1) is 6.92 Å². The third kappa shape index (κ3) is 4.90. The van der Waals surface area contributed by atoms with E-state index in [1.54, 1.807) is 7.11 Å². The van der Waals surface area contributed by atoms with Gasteiger partial charge in [0.25, 0.3) is 0 Å². The van der Waals surface area contributed by atoms with Gasteiger partial charge in [-0.2, -0.15) is 0 Å². The molecule has 1 heterocycles. The molecule has 0 unspecified atom stereocenters. The molecule has 1 saturated heterocycles. The number of anilines is 1. The zero-order valence-electron chi connectivity index (χ0n) is 15.6. The fourth-order valence-electron chi connectivity index (χ4n) is 3.22. The van der Waals surface area contributed by atoms with Crippen molar-refractivity contribution in [2.45, 2.75) is 13.0 Å². The highest BCUT2D eigenvalue weighted by Crippen LogP contribution is 2.25. The average Bonchev–Trinajstić information content (AvgIpc) is 2.68. The number of β-amino-alcohol motifs (C(OH)–C–C–N with tert-alkyl or cyclic N) is 1. The van der Waals surface area contributed by atoms with Gasteiger partial charge in [0.2, 0.25) is 0 Å². The Balaban J connectivity index is 1.43. The Morgan fingerprint density at radius 1 is 0.962 bits per heavy atom. The summed E-state index contributed by atoms with van der Waals surface area (Å²) in [6.07, 6.45) is -0.522. The first-order chi connectivity index (χ1) is 12.7. The van der Waals surface area contributed by atoms with E-state index in [2.05, 4.69) is 41.0 Å². The molecule has 0 aromatic heterocycles. The topological polar surface area (TPSA) is 45.2 Å². The zero-order valence-corrected chi connectivity index (χ0v) is 15.6. The Morgan fingerprint density at radius 2 is 1.62 bits per heavy atom. The van der Waals surface area contributed by atoms with E-state index in [0.717, 1.165) is 26.2 Å². The Labute approximate surface area is 155 Å². The molecule has 1 aliphatic rings. The molecule has 5 nitrogen and oxygen atoms in total. The van der Waals surface area contributed by atoms with Crippen molar-refractivity contribution in [1.29, 1.82) is 0 Å². The van der Waals surface area contributed by atoms with Crippen LogP contribution in [0.4, 0.5) is 5.69 Å². The molecule has 26 heavy (non-hydrogen) atoms. The standard InChI is InChI=1S/C21H28N2O3/c1-17-7-9-18(10-8-17)23-13-11-22(12-14-23)15-19(24)16-26-21-6-4-3-5-20(21)25-2/h3-10,19,24H,11-16H2,1-2H3/t19-/m0/s1. The van der Waals surface area contributed by atoms with Crippen LogP contribution >= 0.6 is 0 Å². The molecule has 0 saturated carbocycles. The number of nitrogens with zero attached hydrogens (tertiary/aromatic N) is 2. The summed E-state index contributed by atoms with van der Waals surface area (Å²) >= 11 is 0. The quantitative estimate of drug-likeness (QED) is 0.826. The van der Waals surface area contributed by atoms with E-state index in [1.165, 1.54) is 11.3 Å². The van der Waals surface area contributed by atoms with Crippen LogP contribution in [0.3, 0.4) is 0 Å². The van der Waals surface area contributed by atoms with Crippen molar-refractivity contribution in [3.8, 4) is 11.5 Å². The number of piperazine rings is 1. The predicted molar refractivity (Wildman–Crippen MR) is 104 cm³/mol. The van der Waals surface area contributed by atoms with E-state index < -0.39 is 6.10 Å². The molecule has 0 amide bonds. The summed E-state index contributed by atoms with van der Waals surface area (Å²) < 4.78 is 11.0. The first-order valence-electron chi connectivity index (χ1n) is 9.13. The summed E-state index contributed by atoms with van der Waals surface area (Å²) in [5.41, 5.74) is 2.56. The highest BCUT2D eigenvalue weighted by atomic mass is 16.5. The van der Waals surface area contributed by atoms with Crippen molar-refractivity contribution >= 4 is 5.69 Å². The van der Waals surface area contributed by atoms with Gasteiger partial charge in [0.05, 0.1) is 7.11 Å². The zero-order chi connectivity index (χ0) is 18.4. The fraction of sp³-hybridized carbons (Fsp3) is 0.429. The molecule has 1 fully saturated rings. The van der Waals surface area contributed by atoms with E-state index in [-0.39, 0.29) is 6.61 Å². The largest absolute Gasteiger partial charge is 0.493 e. The second-order valence-corrected chi connectivity index (χ2v) is 6.74. The summed E-state index contributed by atoms with van der Waals surface area (Å²) in [4.78, 5) is 4.69. The van der Waals surface area contributed by atoms with Gasteiger partial charge < -0.3 is 19.5 Å². The molecule has 1 N–H and O–H groups in total. The highest BCUT2D eigenvalue weighted by Gasteiger charge is 2.20. The van der Waals surface area contributed by atoms with Crippen LogP contribution in [0.5, 0.6) is 11.5 Å². The van der Waals surface area contributed by atoms with Gasteiger partial charge in [0, 0.05) is 38.4 Å². The van der Waals surface area contributed by atoms with Crippen LogP contribution in [0.25, 0.3) is 0 Å². The van der Waals surface area contributed by atoms with Crippen molar-refractivity contribution in [3.63, 3.8) is 0 Å². The van der Waals surface area contributed by atoms with Gasteiger partial charge >= 0.3 is 0 Å². The first-order valence-corrected chi connectivity index (χ1v) is 9.13. The third-order valence-corrected chi connectivity index (χ3v) is 4.74. The van der Waals surface area contributed by atoms with Crippen molar-refractivity contribution in [3.05, 3.63) is 54.1 Å². The fourth-order valence-corrected chi connectivity index (χ4v) is 3.22. The van der Waals surface area contributed by atoms with Gasteiger partial charge in [-0.3, -0.25) is 4.90 Å². The Morgan fingerprint density at radius 3 is 2.27 bits per heavy atom. The van der Waals surface area contributed by atoms with Gasteiger partial charge in [-0.25, -0.2) is 0 Å². The number of methoxy groups -OCH3 is 1. The Kier molecular flexibility index (Phi) is 6.36. The third-order valence-electron chi connectivity index (χ3n) is 4.74. The summed E-state index contributed by atoms with van der Waals surface area (Å²) in [6.45, 7) is 6.83. The predicted octanol–water partition coefficient (Wildman–Crippen LogP) is 2.57. The lowest BCUT2D eigenvalue weighted by Crippen LogP contribution is -2.49. The summed E-state index contributed by atoms with van der Waals surface area (Å²) in [6, 6.07) is 16.2. The van der Waals surface area contributed by atoms with Gasteiger partial charge in [-0.15, -0.1) is 0 Å². The number of benzene rings is 2. The lowest BCUT2D eigenvalue weighted by Gasteiger charge is -2.36. The van der Waals surface area contributed by atoms with Crippen LogP contribution in [0.15, 0.2) is 48.5 Å². The van der Waals surface area contributed by atoms with Crippen molar-refractivity contribution in [2.24, 2.45) is 0 Å². The molecule has 0 aliphatic carbocycles. The molecular formula is C21H28N2O3. The first kappa shape index (κ1) is 18.5. The van der Waals surface area contributed by atoms with Crippen LogP contribution in [-0.2, 0) is 0 Å². The van der Waals surface area contributed by atoms with Crippen molar-refractivity contribution in [1.82, 2.24) is 4.90 Å². The molecule has 0 bridgehead atoms. The summed E-state index contributed by atoms with van der Waals surface area (Å²) in [7, 11) is 1.62. The van der Waals surface area contributed by atoms with Gasteiger partial charge in [0.15, 0.2) is 11.5 Å². The van der Waals surface area contributed by atoms with Gasteiger partial charge in [-0.1, -0.05) is 29.8 Å².